The van der Waals surface area contributed by atoms with Crippen LogP contribution >= 0.6 is 11.3 Å². The Hall–Kier alpha value is -3.10. The molecule has 0 saturated carbocycles. The largest absolute Gasteiger partial charge is 0.405 e. The minimum Gasteiger partial charge on any atom is -0.360 e. The van der Waals surface area contributed by atoms with E-state index in [9.17, 15) is 28.0 Å². The maximum atomic E-state index is 12.8. The predicted molar refractivity (Wildman–Crippen MR) is 130 cm³/mol. The highest BCUT2D eigenvalue weighted by Gasteiger charge is 2.28. The number of piperidine rings is 1. The Balaban J connectivity index is 1.82. The molecular formula is C24H28F3N5O2S. The molecule has 2 aromatic rings. The van der Waals surface area contributed by atoms with E-state index in [2.05, 4.69) is 16.3 Å². The van der Waals surface area contributed by atoms with Crippen molar-refractivity contribution in [3.8, 4) is 6.07 Å². The molecule has 35 heavy (non-hydrogen) atoms. The topological polar surface area (TPSA) is 90.2 Å². The van der Waals surface area contributed by atoms with E-state index >= 15 is 0 Å². The molecule has 0 atom stereocenters. The summed E-state index contributed by atoms with van der Waals surface area (Å²) in [4.78, 5) is 27.5. The van der Waals surface area contributed by atoms with Crippen LogP contribution in [-0.4, -0.2) is 47.7 Å². The van der Waals surface area contributed by atoms with Crippen LogP contribution < -0.4 is 25.4 Å². The molecule has 188 valence electrons. The number of hydrogen-bond acceptors (Lipinski definition) is 6. The maximum absolute atomic E-state index is 12.8. The van der Waals surface area contributed by atoms with Gasteiger partial charge < -0.3 is 15.5 Å². The summed E-state index contributed by atoms with van der Waals surface area (Å²) in [6, 6.07) is 9.49. The zero-order valence-corrected chi connectivity index (χ0v) is 20.3. The molecule has 11 heteroatoms. The number of hydrogen-bond donors (Lipinski definition) is 2. The first-order valence-corrected chi connectivity index (χ1v) is 12.3. The van der Waals surface area contributed by atoms with Crippen LogP contribution in [0.2, 0.25) is 0 Å². The van der Waals surface area contributed by atoms with Gasteiger partial charge in [0.2, 0.25) is 0 Å². The van der Waals surface area contributed by atoms with Crippen molar-refractivity contribution in [2.45, 2.75) is 45.3 Å². The maximum Gasteiger partial charge on any atom is 0.405 e. The lowest BCUT2D eigenvalue weighted by Crippen LogP contribution is -2.37. The fourth-order valence-corrected chi connectivity index (χ4v) is 4.98. The first kappa shape index (κ1) is 26.5. The van der Waals surface area contributed by atoms with Gasteiger partial charge in [-0.05, 0) is 57.0 Å². The van der Waals surface area contributed by atoms with Crippen molar-refractivity contribution < 1.29 is 18.0 Å². The Labute approximate surface area is 205 Å². The van der Waals surface area contributed by atoms with Gasteiger partial charge in [-0.2, -0.15) is 18.4 Å². The summed E-state index contributed by atoms with van der Waals surface area (Å²) in [5.74, 6) is -1.17. The minimum atomic E-state index is -4.61. The Kier molecular flexibility index (Phi) is 9.12. The van der Waals surface area contributed by atoms with E-state index in [1.54, 1.807) is 18.3 Å². The van der Waals surface area contributed by atoms with Crippen LogP contribution in [0.15, 0.2) is 29.1 Å². The van der Waals surface area contributed by atoms with E-state index in [4.69, 9.17) is 0 Å². The lowest BCUT2D eigenvalue weighted by molar-refractivity contribution is -0.135. The van der Waals surface area contributed by atoms with Gasteiger partial charge in [0, 0.05) is 25.0 Å². The lowest BCUT2D eigenvalue weighted by Gasteiger charge is -2.26. The molecule has 0 aliphatic carbocycles. The van der Waals surface area contributed by atoms with E-state index in [-0.39, 0.29) is 15.7 Å². The highest BCUT2D eigenvalue weighted by atomic mass is 32.1. The minimum absolute atomic E-state index is 0.0167. The molecule has 1 aliphatic heterocycles. The van der Waals surface area contributed by atoms with E-state index in [1.165, 1.54) is 30.0 Å². The number of carbonyl (C=O) groups excluding carboxylic acids is 1. The number of rotatable bonds is 8. The number of nitrogens with one attached hydrogen (secondary N) is 2. The smallest absolute Gasteiger partial charge is 0.360 e. The number of alkyl halides is 3. The summed E-state index contributed by atoms with van der Waals surface area (Å²) in [6.45, 7) is 3.50. The van der Waals surface area contributed by atoms with Crippen LogP contribution in [0.3, 0.4) is 0 Å². The normalized spacial score (nSPS) is 16.0. The summed E-state index contributed by atoms with van der Waals surface area (Å²) in [6.07, 6.45) is 1.57. The molecule has 1 fully saturated rings. The van der Waals surface area contributed by atoms with Gasteiger partial charge >= 0.3 is 6.18 Å². The second-order valence-corrected chi connectivity index (χ2v) is 9.28. The van der Waals surface area contributed by atoms with Crippen molar-refractivity contribution in [2.24, 2.45) is 0 Å². The average molecular weight is 508 g/mol. The number of nitriles is 1. The number of nitrogens with zero attached hydrogens (tertiary/aromatic N) is 3. The first-order valence-electron chi connectivity index (χ1n) is 11.5. The number of carbonyl (C=O) groups is 1. The van der Waals surface area contributed by atoms with E-state index in [0.717, 1.165) is 48.6 Å². The zero-order chi connectivity index (χ0) is 25.4. The van der Waals surface area contributed by atoms with Crippen LogP contribution in [0.1, 0.15) is 31.7 Å². The Morgan fingerprint density at radius 3 is 2.66 bits per heavy atom. The molecule has 1 amide bonds. The van der Waals surface area contributed by atoms with Crippen LogP contribution in [0.25, 0.3) is 11.8 Å². The fourth-order valence-electron chi connectivity index (χ4n) is 3.89. The molecular weight excluding hydrogens is 479 g/mol. The Bertz CT molecular complexity index is 1250. The van der Waals surface area contributed by atoms with Gasteiger partial charge in [-0.15, -0.1) is 11.3 Å². The quantitative estimate of drug-likeness (QED) is 0.572. The SMILES string of the molecule is CCn1c(=O)/c(=C\Nc2cccc(CCN3CCCCC3)c2)s/c1=C(/C#N)C(=O)NCC(F)(F)F. The summed E-state index contributed by atoms with van der Waals surface area (Å²) < 4.78 is 38.8. The number of thiazole rings is 1. The monoisotopic (exact) mass is 507 g/mol. The predicted octanol–water partition coefficient (Wildman–Crippen LogP) is 2.16. The van der Waals surface area contributed by atoms with Gasteiger partial charge in [0.05, 0.1) is 0 Å². The van der Waals surface area contributed by atoms with E-state index in [1.807, 2.05) is 18.2 Å². The number of aromatic nitrogens is 1. The van der Waals surface area contributed by atoms with Crippen LogP contribution in [-0.2, 0) is 17.8 Å². The van der Waals surface area contributed by atoms with Crippen molar-refractivity contribution in [1.82, 2.24) is 14.8 Å². The first-order chi connectivity index (χ1) is 16.7. The number of anilines is 1. The number of halogens is 3. The number of amides is 1. The van der Waals surface area contributed by atoms with Gasteiger partial charge in [0.25, 0.3) is 11.5 Å². The van der Waals surface area contributed by atoms with Crippen molar-refractivity contribution in [3.63, 3.8) is 0 Å². The molecule has 2 heterocycles. The molecule has 0 spiro atoms. The summed E-state index contributed by atoms with van der Waals surface area (Å²) in [5.41, 5.74) is 0.981. The third-order valence-corrected chi connectivity index (χ3v) is 6.82. The highest BCUT2D eigenvalue weighted by molar-refractivity contribution is 7.07. The third-order valence-electron chi connectivity index (χ3n) is 5.69. The molecule has 0 unspecified atom stereocenters. The lowest BCUT2D eigenvalue weighted by atomic mass is 10.1. The molecule has 1 aromatic heterocycles. The van der Waals surface area contributed by atoms with Gasteiger partial charge in [-0.3, -0.25) is 14.2 Å². The van der Waals surface area contributed by atoms with Gasteiger partial charge in [0.15, 0.2) is 5.57 Å². The second-order valence-electron chi connectivity index (χ2n) is 8.25. The molecule has 1 aromatic carbocycles. The summed E-state index contributed by atoms with van der Waals surface area (Å²) >= 11 is 0.882. The molecule has 1 aliphatic rings. The molecule has 3 rings (SSSR count). The Morgan fingerprint density at radius 1 is 1.26 bits per heavy atom. The molecule has 2 N–H and O–H groups in total. The number of likely N-dealkylation sites (tertiary alicyclic amines) is 1. The highest BCUT2D eigenvalue weighted by Crippen LogP contribution is 2.14. The average Bonchev–Trinajstić information content (AvgIpc) is 3.16. The second kappa shape index (κ2) is 12.0. The van der Waals surface area contributed by atoms with Crippen molar-refractivity contribution in [3.05, 3.63) is 49.4 Å². The molecule has 1 saturated heterocycles. The zero-order valence-electron chi connectivity index (χ0n) is 19.5. The van der Waals surface area contributed by atoms with Gasteiger partial charge in [-0.1, -0.05) is 18.6 Å². The molecule has 0 radical (unpaired) electrons. The third kappa shape index (κ3) is 7.44. The summed E-state index contributed by atoms with van der Waals surface area (Å²) in [7, 11) is 0. The van der Waals surface area contributed by atoms with Crippen LogP contribution in [0, 0.1) is 11.3 Å². The van der Waals surface area contributed by atoms with Crippen LogP contribution in [0.4, 0.5) is 18.9 Å². The van der Waals surface area contributed by atoms with E-state index < -0.39 is 29.8 Å². The van der Waals surface area contributed by atoms with Gasteiger partial charge in [-0.25, -0.2) is 0 Å². The van der Waals surface area contributed by atoms with Crippen LogP contribution in [0.5, 0.6) is 0 Å². The van der Waals surface area contributed by atoms with Crippen molar-refractivity contribution in [2.75, 3.05) is 31.5 Å². The Morgan fingerprint density at radius 2 is 2.00 bits per heavy atom. The summed E-state index contributed by atoms with van der Waals surface area (Å²) in [5, 5.41) is 14.2. The standard InChI is InChI=1S/C24H28F3N5O2S/c1-2-32-22(34)20(35-23(32)19(14-28)21(33)30-16-24(25,26)27)15-29-18-8-6-7-17(13-18)9-12-31-10-4-3-5-11-31/h6-8,13,15,29H,2-5,9-12,16H2,1H3,(H,30,33)/b20-15+,23-19-. The molecule has 0 bridgehead atoms. The fraction of sp³-hybridized carbons (Fsp3) is 0.458. The molecule has 7 nitrogen and oxygen atoms in total. The van der Waals surface area contributed by atoms with E-state index in [0.29, 0.717) is 0 Å². The van der Waals surface area contributed by atoms with Crippen molar-refractivity contribution in [1.29, 1.82) is 5.26 Å². The van der Waals surface area contributed by atoms with Crippen molar-refractivity contribution >= 4 is 34.7 Å². The van der Waals surface area contributed by atoms with Gasteiger partial charge in [0.1, 0.15) is 21.8 Å². The number of benzene rings is 1.